The number of nitrogens with zero attached hydrogens (tertiary/aromatic N) is 6. The number of rotatable bonds is 5. The average Bonchev–Trinajstić information content (AvgIpc) is 3.43. The van der Waals surface area contributed by atoms with Gasteiger partial charge in [0.05, 0.1) is 34.5 Å². The van der Waals surface area contributed by atoms with Crippen molar-refractivity contribution in [1.82, 2.24) is 29.8 Å². The van der Waals surface area contributed by atoms with Crippen LogP contribution in [-0.4, -0.2) is 48.9 Å². The van der Waals surface area contributed by atoms with Gasteiger partial charge in [-0.1, -0.05) is 13.5 Å². The Kier molecular flexibility index (Phi) is 5.99. The number of nitrogens with one attached hydrogen (secondary N) is 1. The first kappa shape index (κ1) is 23.6. The molecule has 1 atom stereocenters. The van der Waals surface area contributed by atoms with Crippen LogP contribution in [-0.2, 0) is 0 Å². The van der Waals surface area contributed by atoms with Gasteiger partial charge in [0.1, 0.15) is 25.1 Å². The lowest BCUT2D eigenvalue weighted by molar-refractivity contribution is 0.102. The van der Waals surface area contributed by atoms with E-state index in [-0.39, 0.29) is 19.6 Å². The molecule has 0 unspecified atom stereocenters. The zero-order valence-corrected chi connectivity index (χ0v) is 18.8. The quantitative estimate of drug-likeness (QED) is 0.435. The summed E-state index contributed by atoms with van der Waals surface area (Å²) in [6.45, 7) is 1.04. The highest BCUT2D eigenvalue weighted by molar-refractivity contribution is 6.06. The van der Waals surface area contributed by atoms with Gasteiger partial charge in [0.15, 0.2) is 11.6 Å². The summed E-state index contributed by atoms with van der Waals surface area (Å²) in [5.41, 5.74) is 3.04. The Morgan fingerprint density at radius 1 is 1.28 bits per heavy atom. The number of carbonyl (C=O) groups is 1. The van der Waals surface area contributed by atoms with Crippen LogP contribution in [0, 0.1) is 12.7 Å². The van der Waals surface area contributed by atoms with Gasteiger partial charge in [-0.05, 0) is 60.0 Å². The predicted octanol–water partition coefficient (Wildman–Crippen LogP) is 4.64. The lowest BCUT2D eigenvalue weighted by Gasteiger charge is -2.15. The van der Waals surface area contributed by atoms with Gasteiger partial charge < -0.3 is 14.6 Å². The number of aryl methyl sites for hydroxylation is 1. The summed E-state index contributed by atoms with van der Waals surface area (Å²) >= 11 is 0. The fourth-order valence-electron chi connectivity index (χ4n) is 4.31. The number of alkyl halides is 1. The van der Waals surface area contributed by atoms with Gasteiger partial charge in [0.25, 0.3) is 5.91 Å². The number of amides is 1. The summed E-state index contributed by atoms with van der Waals surface area (Å²) in [5, 5.41) is 14.3. The summed E-state index contributed by atoms with van der Waals surface area (Å²) in [6, 6.07) is 7.18. The molecule has 36 heavy (non-hydrogen) atoms. The first-order valence-corrected chi connectivity index (χ1v) is 11.3. The molecule has 1 aliphatic carbocycles. The van der Waals surface area contributed by atoms with Crippen LogP contribution >= 0.6 is 0 Å². The molecule has 1 amide bonds. The zero-order chi connectivity index (χ0) is 24.1. The number of para-hydroxylation sites is 1. The van der Waals surface area contributed by atoms with Crippen molar-refractivity contribution in [3.63, 3.8) is 0 Å². The monoisotopic (exact) mass is 493 g/mol. The molecule has 3 heterocycles. The molecule has 2 aromatic heterocycles. The lowest BCUT2D eigenvalue weighted by Crippen LogP contribution is -2.19. The molecule has 2 aliphatic rings. The maximum Gasteiger partial charge on any atom is 0.258 e. The molecule has 0 bridgehead atoms. The van der Waals surface area contributed by atoms with E-state index in [1.165, 1.54) is 16.8 Å². The molecule has 4 aromatic rings. The summed E-state index contributed by atoms with van der Waals surface area (Å²) in [7, 11) is 0. The fourth-order valence-corrected chi connectivity index (χ4v) is 4.31. The summed E-state index contributed by atoms with van der Waals surface area (Å²) < 4.78 is 37.5. The SMILES string of the molecule is C.Cc1cc(F)c(C(=O)Nc2cccc3c2OC[C@@H](CF)n2nnnc2-3)cc1-n1cnc(C2CC2)c1. The molecule has 1 saturated carbocycles. The number of hydrogen-bond acceptors (Lipinski definition) is 6. The van der Waals surface area contributed by atoms with Crippen LogP contribution in [0.15, 0.2) is 42.9 Å². The van der Waals surface area contributed by atoms with E-state index >= 15 is 0 Å². The Bertz CT molecular complexity index is 1440. The van der Waals surface area contributed by atoms with Gasteiger partial charge in [-0.3, -0.25) is 4.79 Å². The van der Waals surface area contributed by atoms with Crippen LogP contribution in [0.5, 0.6) is 5.75 Å². The van der Waals surface area contributed by atoms with Gasteiger partial charge in [-0.15, -0.1) is 5.10 Å². The minimum Gasteiger partial charge on any atom is -0.488 e. The standard InChI is InChI=1S/C24H21F2N7O2.CH4/c1-13-7-18(26)17(8-21(13)32-10-20(27-12-32)14-5-6-14)24(34)28-19-4-2-3-16-22(19)35-11-15(9-25)33-23(16)29-30-31-33;/h2-4,7-8,10,12,14-15H,5-6,9,11H2,1H3,(H,28,34);1H4/t15-;/m1./s1. The van der Waals surface area contributed by atoms with Gasteiger partial charge in [-0.25, -0.2) is 18.4 Å². The largest absolute Gasteiger partial charge is 0.488 e. The molecule has 11 heteroatoms. The number of ether oxygens (including phenoxy) is 1. The number of halogens is 2. The summed E-state index contributed by atoms with van der Waals surface area (Å²) in [5.74, 6) is -0.188. The van der Waals surface area contributed by atoms with Crippen molar-refractivity contribution >= 4 is 11.6 Å². The van der Waals surface area contributed by atoms with E-state index in [1.54, 1.807) is 31.5 Å². The number of benzene rings is 2. The molecule has 9 nitrogen and oxygen atoms in total. The Morgan fingerprint density at radius 2 is 2.11 bits per heavy atom. The number of anilines is 1. The third kappa shape index (κ3) is 4.00. The molecule has 0 radical (unpaired) electrons. The van der Waals surface area contributed by atoms with Crippen molar-refractivity contribution in [2.45, 2.75) is 39.2 Å². The molecular formula is C25H25F2N7O2. The van der Waals surface area contributed by atoms with Crippen LogP contribution in [0.25, 0.3) is 17.1 Å². The number of carbonyl (C=O) groups excluding carboxylic acids is 1. The van der Waals surface area contributed by atoms with Crippen molar-refractivity contribution in [3.05, 3.63) is 65.5 Å². The minimum absolute atomic E-state index is 0. The maximum atomic E-state index is 14.9. The van der Waals surface area contributed by atoms with Gasteiger partial charge >= 0.3 is 0 Å². The van der Waals surface area contributed by atoms with Crippen LogP contribution in [0.2, 0.25) is 0 Å². The molecule has 0 spiro atoms. The molecule has 1 N–H and O–H groups in total. The van der Waals surface area contributed by atoms with E-state index < -0.39 is 24.4 Å². The van der Waals surface area contributed by atoms with Gasteiger partial charge in [0.2, 0.25) is 0 Å². The second-order valence-electron chi connectivity index (χ2n) is 8.80. The van der Waals surface area contributed by atoms with E-state index in [2.05, 4.69) is 25.8 Å². The molecule has 2 aromatic carbocycles. The van der Waals surface area contributed by atoms with Crippen molar-refractivity contribution in [3.8, 4) is 22.8 Å². The number of fused-ring (bicyclic) bond motifs is 3. The van der Waals surface area contributed by atoms with E-state index in [4.69, 9.17) is 4.74 Å². The highest BCUT2D eigenvalue weighted by atomic mass is 19.1. The third-order valence-corrected chi connectivity index (χ3v) is 6.35. The van der Waals surface area contributed by atoms with Crippen molar-refractivity contribution in [2.24, 2.45) is 0 Å². The minimum atomic E-state index is -0.720. The number of aromatic nitrogens is 6. The number of hydrogen-bond donors (Lipinski definition) is 1. The Hall–Kier alpha value is -4.15. The molecular weight excluding hydrogens is 468 g/mol. The smallest absolute Gasteiger partial charge is 0.258 e. The van der Waals surface area contributed by atoms with Crippen molar-refractivity contribution < 1.29 is 18.3 Å². The molecule has 6 rings (SSSR count). The highest BCUT2D eigenvalue weighted by Crippen LogP contribution is 2.40. The zero-order valence-electron chi connectivity index (χ0n) is 18.8. The van der Waals surface area contributed by atoms with E-state index in [0.717, 1.165) is 18.5 Å². The summed E-state index contributed by atoms with van der Waals surface area (Å²) in [4.78, 5) is 17.7. The molecule has 1 fully saturated rings. The van der Waals surface area contributed by atoms with Crippen molar-refractivity contribution in [2.75, 3.05) is 18.6 Å². The van der Waals surface area contributed by atoms with E-state index in [0.29, 0.717) is 40.0 Å². The Morgan fingerprint density at radius 3 is 2.89 bits per heavy atom. The topological polar surface area (TPSA) is 99.7 Å². The van der Waals surface area contributed by atoms with Crippen LogP contribution in [0.1, 0.15) is 53.8 Å². The van der Waals surface area contributed by atoms with Crippen LogP contribution in [0.4, 0.5) is 14.5 Å². The molecule has 186 valence electrons. The maximum absolute atomic E-state index is 14.9. The Balaban J connectivity index is 0.00000267. The molecule has 0 saturated heterocycles. The predicted molar refractivity (Wildman–Crippen MR) is 129 cm³/mol. The van der Waals surface area contributed by atoms with E-state index in [1.807, 2.05) is 10.8 Å². The number of tetrazole rings is 1. The second kappa shape index (κ2) is 9.14. The Labute approximate surface area is 206 Å². The highest BCUT2D eigenvalue weighted by Gasteiger charge is 2.29. The number of imidazole rings is 1. The first-order chi connectivity index (χ1) is 17.0. The van der Waals surface area contributed by atoms with Gasteiger partial charge in [-0.2, -0.15) is 0 Å². The molecule has 1 aliphatic heterocycles. The van der Waals surface area contributed by atoms with Crippen LogP contribution < -0.4 is 10.1 Å². The third-order valence-electron chi connectivity index (χ3n) is 6.35. The average molecular weight is 494 g/mol. The van der Waals surface area contributed by atoms with Crippen molar-refractivity contribution in [1.29, 1.82) is 0 Å². The van der Waals surface area contributed by atoms with Crippen LogP contribution in [0.3, 0.4) is 0 Å². The lowest BCUT2D eigenvalue weighted by atomic mass is 10.1. The van der Waals surface area contributed by atoms with E-state index in [9.17, 15) is 13.6 Å². The summed E-state index contributed by atoms with van der Waals surface area (Å²) in [6.07, 6.45) is 5.85. The second-order valence-corrected chi connectivity index (χ2v) is 8.80. The first-order valence-electron chi connectivity index (χ1n) is 11.3. The van der Waals surface area contributed by atoms with Gasteiger partial charge in [0, 0.05) is 12.1 Å². The normalized spacial score (nSPS) is 16.2. The fraction of sp³-hybridized carbons (Fsp3) is 0.320.